The zero-order valence-corrected chi connectivity index (χ0v) is 12.3. The lowest BCUT2D eigenvalue weighted by atomic mass is 9.92. The van der Waals surface area contributed by atoms with Gasteiger partial charge in [0, 0.05) is 18.6 Å². The Hall–Kier alpha value is -1.39. The SMILES string of the molecule is CCOC(=O)C1CNCCC1NC(C)c1ccccc1. The molecular weight excluding hydrogens is 252 g/mol. The summed E-state index contributed by atoms with van der Waals surface area (Å²) in [5, 5.41) is 6.86. The first-order valence-electron chi connectivity index (χ1n) is 7.40. The third-order valence-corrected chi connectivity index (χ3v) is 3.84. The van der Waals surface area contributed by atoms with Crippen LogP contribution in [-0.2, 0) is 9.53 Å². The number of benzene rings is 1. The second-order valence-corrected chi connectivity index (χ2v) is 5.26. The first kappa shape index (κ1) is 15.0. The molecule has 1 saturated heterocycles. The van der Waals surface area contributed by atoms with Gasteiger partial charge in [-0.2, -0.15) is 0 Å². The maximum absolute atomic E-state index is 12.0. The van der Waals surface area contributed by atoms with Crippen LogP contribution < -0.4 is 10.6 Å². The van der Waals surface area contributed by atoms with E-state index in [1.54, 1.807) is 0 Å². The molecule has 1 aliphatic rings. The van der Waals surface area contributed by atoms with Crippen molar-refractivity contribution in [2.45, 2.75) is 32.4 Å². The highest BCUT2D eigenvalue weighted by Gasteiger charge is 2.32. The molecule has 0 amide bonds. The summed E-state index contributed by atoms with van der Waals surface area (Å²) in [6, 6.07) is 10.7. The normalized spacial score (nSPS) is 24.1. The van der Waals surface area contributed by atoms with Crippen LogP contribution in [0.3, 0.4) is 0 Å². The molecule has 1 aliphatic heterocycles. The Morgan fingerprint density at radius 3 is 2.90 bits per heavy atom. The van der Waals surface area contributed by atoms with E-state index in [9.17, 15) is 4.79 Å². The Kier molecular flexibility index (Phi) is 5.56. The minimum atomic E-state index is -0.102. The first-order chi connectivity index (χ1) is 9.72. The summed E-state index contributed by atoms with van der Waals surface area (Å²) in [4.78, 5) is 12.0. The summed E-state index contributed by atoms with van der Waals surface area (Å²) >= 11 is 0. The summed E-state index contributed by atoms with van der Waals surface area (Å²) in [6.07, 6.45) is 0.945. The highest BCUT2D eigenvalue weighted by Crippen LogP contribution is 2.19. The zero-order valence-electron chi connectivity index (χ0n) is 12.3. The molecule has 1 fully saturated rings. The van der Waals surface area contributed by atoms with E-state index in [1.807, 2.05) is 25.1 Å². The number of ether oxygens (including phenoxy) is 1. The number of hydrogen-bond donors (Lipinski definition) is 2. The summed E-state index contributed by atoms with van der Waals surface area (Å²) in [7, 11) is 0. The van der Waals surface area contributed by atoms with Gasteiger partial charge in [0.25, 0.3) is 0 Å². The highest BCUT2D eigenvalue weighted by atomic mass is 16.5. The molecule has 20 heavy (non-hydrogen) atoms. The largest absolute Gasteiger partial charge is 0.466 e. The molecule has 4 nitrogen and oxygen atoms in total. The van der Waals surface area contributed by atoms with E-state index in [0.717, 1.165) is 13.0 Å². The molecule has 0 aliphatic carbocycles. The van der Waals surface area contributed by atoms with Gasteiger partial charge in [-0.15, -0.1) is 0 Å². The zero-order chi connectivity index (χ0) is 14.4. The van der Waals surface area contributed by atoms with Gasteiger partial charge in [-0.25, -0.2) is 0 Å². The second kappa shape index (κ2) is 7.41. The quantitative estimate of drug-likeness (QED) is 0.806. The van der Waals surface area contributed by atoms with Gasteiger partial charge in [-0.3, -0.25) is 4.79 Å². The maximum atomic E-state index is 12.0. The molecule has 0 saturated carbocycles. The number of carbonyl (C=O) groups excluding carboxylic acids is 1. The molecule has 1 aromatic rings. The van der Waals surface area contributed by atoms with E-state index >= 15 is 0 Å². The summed E-state index contributed by atoms with van der Waals surface area (Å²) in [6.45, 7) is 6.06. The molecule has 2 rings (SSSR count). The molecule has 1 heterocycles. The van der Waals surface area contributed by atoms with Crippen molar-refractivity contribution in [1.29, 1.82) is 0 Å². The van der Waals surface area contributed by atoms with Crippen molar-refractivity contribution in [2.75, 3.05) is 19.7 Å². The van der Waals surface area contributed by atoms with Crippen LogP contribution in [0.25, 0.3) is 0 Å². The fourth-order valence-electron chi connectivity index (χ4n) is 2.71. The number of carbonyl (C=O) groups is 1. The van der Waals surface area contributed by atoms with Gasteiger partial charge >= 0.3 is 5.97 Å². The predicted octanol–water partition coefficient (Wildman–Crippen LogP) is 1.88. The van der Waals surface area contributed by atoms with Crippen LogP contribution in [0.1, 0.15) is 31.9 Å². The topological polar surface area (TPSA) is 50.4 Å². The number of esters is 1. The van der Waals surface area contributed by atoms with Gasteiger partial charge in [-0.1, -0.05) is 30.3 Å². The van der Waals surface area contributed by atoms with Gasteiger partial charge in [-0.05, 0) is 32.4 Å². The highest BCUT2D eigenvalue weighted by molar-refractivity contribution is 5.73. The van der Waals surface area contributed by atoms with Crippen molar-refractivity contribution in [3.63, 3.8) is 0 Å². The lowest BCUT2D eigenvalue weighted by Gasteiger charge is -2.33. The van der Waals surface area contributed by atoms with Crippen molar-refractivity contribution < 1.29 is 9.53 Å². The number of hydrogen-bond acceptors (Lipinski definition) is 4. The Labute approximate surface area is 120 Å². The van der Waals surface area contributed by atoms with E-state index in [4.69, 9.17) is 4.74 Å². The van der Waals surface area contributed by atoms with Crippen molar-refractivity contribution in [1.82, 2.24) is 10.6 Å². The van der Waals surface area contributed by atoms with Crippen molar-refractivity contribution >= 4 is 5.97 Å². The Morgan fingerprint density at radius 1 is 1.45 bits per heavy atom. The third-order valence-electron chi connectivity index (χ3n) is 3.84. The van der Waals surface area contributed by atoms with Gasteiger partial charge in [0.1, 0.15) is 0 Å². The molecule has 4 heteroatoms. The van der Waals surface area contributed by atoms with Gasteiger partial charge in [0.05, 0.1) is 12.5 Å². The maximum Gasteiger partial charge on any atom is 0.311 e. The predicted molar refractivity (Wildman–Crippen MR) is 79.4 cm³/mol. The van der Waals surface area contributed by atoms with Crippen molar-refractivity contribution in [3.8, 4) is 0 Å². The minimum absolute atomic E-state index is 0.0996. The summed E-state index contributed by atoms with van der Waals surface area (Å²) < 4.78 is 5.18. The van der Waals surface area contributed by atoms with E-state index in [2.05, 4.69) is 29.7 Å². The van der Waals surface area contributed by atoms with Crippen molar-refractivity contribution in [3.05, 3.63) is 35.9 Å². The Balaban J connectivity index is 2.00. The smallest absolute Gasteiger partial charge is 0.311 e. The van der Waals surface area contributed by atoms with Gasteiger partial charge in [0.2, 0.25) is 0 Å². The minimum Gasteiger partial charge on any atom is -0.466 e. The van der Waals surface area contributed by atoms with E-state index < -0.39 is 0 Å². The molecular formula is C16H24N2O2. The van der Waals surface area contributed by atoms with E-state index in [-0.39, 0.29) is 24.0 Å². The number of rotatable bonds is 5. The molecule has 110 valence electrons. The molecule has 2 N–H and O–H groups in total. The monoisotopic (exact) mass is 276 g/mol. The lowest BCUT2D eigenvalue weighted by molar-refractivity contribution is -0.149. The van der Waals surface area contributed by atoms with Crippen LogP contribution >= 0.6 is 0 Å². The number of nitrogens with one attached hydrogen (secondary N) is 2. The second-order valence-electron chi connectivity index (χ2n) is 5.26. The van der Waals surface area contributed by atoms with Crippen molar-refractivity contribution in [2.24, 2.45) is 5.92 Å². The van der Waals surface area contributed by atoms with E-state index in [1.165, 1.54) is 5.56 Å². The standard InChI is InChI=1S/C16H24N2O2/c1-3-20-16(19)14-11-17-10-9-15(14)18-12(2)13-7-5-4-6-8-13/h4-8,12,14-15,17-18H,3,9-11H2,1-2H3. The van der Waals surface area contributed by atoms with Gasteiger partial charge in [0.15, 0.2) is 0 Å². The van der Waals surface area contributed by atoms with Crippen LogP contribution in [0, 0.1) is 5.92 Å². The Morgan fingerprint density at radius 2 is 2.20 bits per heavy atom. The fraction of sp³-hybridized carbons (Fsp3) is 0.562. The average molecular weight is 276 g/mol. The Bertz CT molecular complexity index is 422. The van der Waals surface area contributed by atoms with Crippen LogP contribution in [0.5, 0.6) is 0 Å². The molecule has 0 radical (unpaired) electrons. The lowest BCUT2D eigenvalue weighted by Crippen LogP contribution is -2.51. The fourth-order valence-corrected chi connectivity index (χ4v) is 2.71. The summed E-state index contributed by atoms with van der Waals surface area (Å²) in [5.74, 6) is -0.202. The van der Waals surface area contributed by atoms with Crippen LogP contribution in [0.2, 0.25) is 0 Å². The average Bonchev–Trinajstić information content (AvgIpc) is 2.49. The molecule has 3 unspecified atom stereocenters. The molecule has 0 bridgehead atoms. The van der Waals surface area contributed by atoms with E-state index in [0.29, 0.717) is 13.2 Å². The molecule has 3 atom stereocenters. The van der Waals surface area contributed by atoms with Crippen LogP contribution in [0.15, 0.2) is 30.3 Å². The first-order valence-corrected chi connectivity index (χ1v) is 7.40. The summed E-state index contributed by atoms with van der Waals surface area (Å²) in [5.41, 5.74) is 1.24. The van der Waals surface area contributed by atoms with Crippen LogP contribution in [-0.4, -0.2) is 31.7 Å². The number of piperidine rings is 1. The third kappa shape index (κ3) is 3.81. The van der Waals surface area contributed by atoms with Gasteiger partial charge < -0.3 is 15.4 Å². The molecule has 0 aromatic heterocycles. The molecule has 0 spiro atoms. The van der Waals surface area contributed by atoms with Crippen LogP contribution in [0.4, 0.5) is 0 Å². The molecule has 1 aromatic carbocycles.